The van der Waals surface area contributed by atoms with Gasteiger partial charge >= 0.3 is 18.1 Å². The molecule has 1 rings (SSSR count). The van der Waals surface area contributed by atoms with Gasteiger partial charge in [-0.3, -0.25) is 9.59 Å². The lowest BCUT2D eigenvalue weighted by molar-refractivity contribution is -0.192. The van der Waals surface area contributed by atoms with Crippen molar-refractivity contribution in [3.05, 3.63) is 35.9 Å². The van der Waals surface area contributed by atoms with Crippen molar-refractivity contribution in [2.45, 2.75) is 31.7 Å². The van der Waals surface area contributed by atoms with E-state index in [9.17, 15) is 22.8 Å². The normalized spacial score (nSPS) is 11.7. The second-order valence-electron chi connectivity index (χ2n) is 4.50. The highest BCUT2D eigenvalue weighted by Crippen LogP contribution is 2.13. The molecule has 1 aromatic rings. The molecule has 7 nitrogen and oxygen atoms in total. The smallest absolute Gasteiger partial charge is 0.475 e. The van der Waals surface area contributed by atoms with Crippen molar-refractivity contribution >= 4 is 17.8 Å². The van der Waals surface area contributed by atoms with Crippen LogP contribution in [0.4, 0.5) is 13.2 Å². The monoisotopic (exact) mass is 350 g/mol. The Bertz CT molecular complexity index is 549. The first-order valence-electron chi connectivity index (χ1n) is 6.58. The second-order valence-corrected chi connectivity index (χ2v) is 4.50. The number of hydrogen-bond acceptors (Lipinski definition) is 5. The van der Waals surface area contributed by atoms with E-state index in [1.165, 1.54) is 0 Å². The van der Waals surface area contributed by atoms with Gasteiger partial charge in [-0.2, -0.15) is 13.2 Å². The van der Waals surface area contributed by atoms with Crippen molar-refractivity contribution in [1.29, 1.82) is 0 Å². The van der Waals surface area contributed by atoms with E-state index in [4.69, 9.17) is 26.1 Å². The molecule has 0 aliphatic rings. The number of amides is 1. The minimum Gasteiger partial charge on any atom is -0.475 e. The second kappa shape index (κ2) is 10.2. The first-order chi connectivity index (χ1) is 11.0. The quantitative estimate of drug-likeness (QED) is 0.655. The maximum Gasteiger partial charge on any atom is 0.490 e. The molecule has 0 heterocycles. The van der Waals surface area contributed by atoms with Crippen LogP contribution < -0.4 is 11.5 Å². The number of esters is 1. The number of benzene rings is 1. The highest BCUT2D eigenvalue weighted by Gasteiger charge is 2.38. The molecule has 0 bridgehead atoms. The third-order valence-corrected chi connectivity index (χ3v) is 2.51. The first-order valence-corrected chi connectivity index (χ1v) is 6.58. The SMILES string of the molecule is NC(=O)C(N)CCC(=O)OCc1ccccc1.O=C(O)C(F)(F)F. The summed E-state index contributed by atoms with van der Waals surface area (Å²) < 4.78 is 36.7. The fourth-order valence-corrected chi connectivity index (χ4v) is 1.23. The molecule has 1 aromatic carbocycles. The highest BCUT2D eigenvalue weighted by molar-refractivity contribution is 5.80. The van der Waals surface area contributed by atoms with E-state index in [2.05, 4.69) is 0 Å². The van der Waals surface area contributed by atoms with E-state index in [1.54, 1.807) is 0 Å². The average Bonchev–Trinajstić information content (AvgIpc) is 2.51. The first kappa shape index (κ1) is 21.4. The molecular formula is C14H17F3N2O5. The van der Waals surface area contributed by atoms with Crippen molar-refractivity contribution in [3.63, 3.8) is 0 Å². The summed E-state index contributed by atoms with van der Waals surface area (Å²) in [6.07, 6.45) is -4.78. The van der Waals surface area contributed by atoms with Gasteiger partial charge in [-0.1, -0.05) is 30.3 Å². The van der Waals surface area contributed by atoms with Crippen molar-refractivity contribution in [1.82, 2.24) is 0 Å². The summed E-state index contributed by atoms with van der Waals surface area (Å²) in [5.74, 6) is -3.75. The van der Waals surface area contributed by atoms with Crippen LogP contribution in [0.15, 0.2) is 30.3 Å². The van der Waals surface area contributed by atoms with E-state index >= 15 is 0 Å². The van der Waals surface area contributed by atoms with E-state index in [-0.39, 0.29) is 25.4 Å². The van der Waals surface area contributed by atoms with Crippen LogP contribution >= 0.6 is 0 Å². The van der Waals surface area contributed by atoms with Gasteiger partial charge in [0.15, 0.2) is 0 Å². The Morgan fingerprint density at radius 2 is 1.67 bits per heavy atom. The molecular weight excluding hydrogens is 333 g/mol. The van der Waals surface area contributed by atoms with Gasteiger partial charge < -0.3 is 21.3 Å². The van der Waals surface area contributed by atoms with Gasteiger partial charge in [-0.25, -0.2) is 4.79 Å². The molecule has 0 saturated carbocycles. The van der Waals surface area contributed by atoms with E-state index in [0.717, 1.165) is 5.56 Å². The summed E-state index contributed by atoms with van der Waals surface area (Å²) in [5, 5.41) is 7.12. The number of rotatable bonds is 6. The Morgan fingerprint density at radius 1 is 1.17 bits per heavy atom. The van der Waals surface area contributed by atoms with Gasteiger partial charge in [0, 0.05) is 6.42 Å². The molecule has 134 valence electrons. The number of halogens is 3. The Balaban J connectivity index is 0.000000640. The lowest BCUT2D eigenvalue weighted by Gasteiger charge is -2.07. The lowest BCUT2D eigenvalue weighted by Crippen LogP contribution is -2.36. The fourth-order valence-electron chi connectivity index (χ4n) is 1.23. The fraction of sp³-hybridized carbons (Fsp3) is 0.357. The van der Waals surface area contributed by atoms with Gasteiger partial charge in [0.1, 0.15) is 6.61 Å². The van der Waals surface area contributed by atoms with Gasteiger partial charge in [0.25, 0.3) is 0 Å². The van der Waals surface area contributed by atoms with E-state index in [0.29, 0.717) is 0 Å². The largest absolute Gasteiger partial charge is 0.490 e. The summed E-state index contributed by atoms with van der Waals surface area (Å²) in [7, 11) is 0. The molecule has 24 heavy (non-hydrogen) atoms. The van der Waals surface area contributed by atoms with Crippen LogP contribution in [0, 0.1) is 0 Å². The van der Waals surface area contributed by atoms with Crippen LogP contribution in [-0.2, 0) is 25.7 Å². The molecule has 5 N–H and O–H groups in total. The van der Waals surface area contributed by atoms with E-state index < -0.39 is 24.1 Å². The zero-order valence-corrected chi connectivity index (χ0v) is 12.5. The number of carboxylic acids is 1. The number of primary amides is 1. The summed E-state index contributed by atoms with van der Waals surface area (Å²) in [6, 6.07) is 8.56. The molecule has 0 aliphatic carbocycles. The number of ether oxygens (including phenoxy) is 1. The maximum absolute atomic E-state index is 11.3. The van der Waals surface area contributed by atoms with Gasteiger partial charge in [0.05, 0.1) is 6.04 Å². The molecule has 0 spiro atoms. The molecule has 0 fully saturated rings. The third kappa shape index (κ3) is 10.2. The number of aliphatic carboxylic acids is 1. The lowest BCUT2D eigenvalue weighted by atomic mass is 10.1. The zero-order valence-electron chi connectivity index (χ0n) is 12.5. The van der Waals surface area contributed by atoms with Crippen molar-refractivity contribution in [2.75, 3.05) is 0 Å². The predicted molar refractivity (Wildman–Crippen MR) is 76.3 cm³/mol. The van der Waals surface area contributed by atoms with Crippen LogP contribution in [-0.4, -0.2) is 35.2 Å². The van der Waals surface area contributed by atoms with Crippen molar-refractivity contribution in [3.8, 4) is 0 Å². The summed E-state index contributed by atoms with van der Waals surface area (Å²) >= 11 is 0. The number of alkyl halides is 3. The molecule has 10 heteroatoms. The van der Waals surface area contributed by atoms with Crippen molar-refractivity contribution in [2.24, 2.45) is 11.5 Å². The van der Waals surface area contributed by atoms with Crippen molar-refractivity contribution < 1.29 is 37.4 Å². The van der Waals surface area contributed by atoms with Gasteiger partial charge in [-0.15, -0.1) is 0 Å². The Hall–Kier alpha value is -2.62. The molecule has 1 atom stereocenters. The Labute approximate surface area is 135 Å². The van der Waals surface area contributed by atoms with E-state index in [1.807, 2.05) is 30.3 Å². The number of hydrogen-bond donors (Lipinski definition) is 3. The van der Waals surface area contributed by atoms with Crippen LogP contribution in [0.5, 0.6) is 0 Å². The zero-order chi connectivity index (χ0) is 18.8. The molecule has 0 saturated heterocycles. The predicted octanol–water partition coefficient (Wildman–Crippen LogP) is 0.956. The maximum atomic E-state index is 11.3. The highest BCUT2D eigenvalue weighted by atomic mass is 19.4. The average molecular weight is 350 g/mol. The van der Waals surface area contributed by atoms with Crippen LogP contribution in [0.2, 0.25) is 0 Å². The topological polar surface area (TPSA) is 133 Å². The molecule has 0 aromatic heterocycles. The summed E-state index contributed by atoms with van der Waals surface area (Å²) in [4.78, 5) is 30.8. The molecule has 1 amide bonds. The van der Waals surface area contributed by atoms with Crippen LogP contribution in [0.25, 0.3) is 0 Å². The minimum absolute atomic E-state index is 0.0942. The molecule has 0 radical (unpaired) electrons. The summed E-state index contributed by atoms with van der Waals surface area (Å²) in [5.41, 5.74) is 11.3. The number of carbonyl (C=O) groups is 3. The minimum atomic E-state index is -5.08. The standard InChI is InChI=1S/C12H16N2O3.C2HF3O2/c13-10(12(14)16)6-7-11(15)17-8-9-4-2-1-3-5-9;3-2(4,5)1(6)7/h1-5,10H,6-8,13H2,(H2,14,16);(H,6,7). The van der Waals surface area contributed by atoms with Gasteiger partial charge in [-0.05, 0) is 12.0 Å². The Morgan fingerprint density at radius 3 is 2.08 bits per heavy atom. The number of carbonyl (C=O) groups excluding carboxylic acids is 2. The number of nitrogens with two attached hydrogens (primary N) is 2. The van der Waals surface area contributed by atoms with Gasteiger partial charge in [0.2, 0.25) is 5.91 Å². The number of carboxylic acid groups (broad SMARTS) is 1. The third-order valence-electron chi connectivity index (χ3n) is 2.51. The molecule has 1 unspecified atom stereocenters. The molecule has 0 aliphatic heterocycles. The van der Waals surface area contributed by atoms with Crippen LogP contribution in [0.3, 0.4) is 0 Å². The Kier molecular flexibility index (Phi) is 9.10. The van der Waals surface area contributed by atoms with Crippen LogP contribution in [0.1, 0.15) is 18.4 Å². The summed E-state index contributed by atoms with van der Waals surface area (Å²) in [6.45, 7) is 0.228.